The Morgan fingerprint density at radius 3 is 2.31 bits per heavy atom. The van der Waals surface area contributed by atoms with Crippen LogP contribution in [0.5, 0.6) is 0 Å². The highest BCUT2D eigenvalue weighted by atomic mass is 32.2. The lowest BCUT2D eigenvalue weighted by molar-refractivity contribution is 0.252. The third kappa shape index (κ3) is 5.06. The fraction of sp³-hybridized carbons (Fsp3) is 0.105. The van der Waals surface area contributed by atoms with Crippen molar-refractivity contribution in [2.75, 3.05) is 5.32 Å². The van der Waals surface area contributed by atoms with Gasteiger partial charge in [0, 0.05) is 10.6 Å². The van der Waals surface area contributed by atoms with Crippen LogP contribution in [-0.4, -0.2) is 10.9 Å². The van der Waals surface area contributed by atoms with Crippen LogP contribution in [0, 0.1) is 0 Å². The van der Waals surface area contributed by atoms with E-state index in [0.29, 0.717) is 27.5 Å². The molecule has 0 bridgehead atoms. The summed E-state index contributed by atoms with van der Waals surface area (Å²) in [5, 5.41) is 6.71. The minimum atomic E-state index is -2.43. The average molecular weight is 390 g/mol. The Bertz CT molecular complexity index is 825. The van der Waals surface area contributed by atoms with E-state index in [0.717, 1.165) is 11.3 Å². The molecule has 1 heterocycles. The number of rotatable bonds is 6. The summed E-state index contributed by atoms with van der Waals surface area (Å²) in [6, 6.07) is 20.0. The summed E-state index contributed by atoms with van der Waals surface area (Å²) in [6.45, 7) is 0. The Balaban J connectivity index is 1.68. The molecule has 0 unspecified atom stereocenters. The number of thiocarbonyl (C=S) groups is 1. The van der Waals surface area contributed by atoms with Crippen LogP contribution >= 0.6 is 24.0 Å². The minimum Gasteiger partial charge on any atom is -0.467 e. The molecule has 1 aromatic heterocycles. The van der Waals surface area contributed by atoms with Crippen molar-refractivity contribution in [3.8, 4) is 0 Å². The van der Waals surface area contributed by atoms with Crippen LogP contribution in [0.25, 0.3) is 0 Å². The molecule has 3 nitrogen and oxygen atoms in total. The van der Waals surface area contributed by atoms with E-state index in [-0.39, 0.29) is 6.04 Å². The van der Waals surface area contributed by atoms with Crippen LogP contribution in [-0.2, 0) is 0 Å². The summed E-state index contributed by atoms with van der Waals surface area (Å²) < 4.78 is 30.3. The molecule has 1 atom stereocenters. The van der Waals surface area contributed by atoms with Crippen LogP contribution in [0.1, 0.15) is 17.4 Å². The Labute approximate surface area is 159 Å². The predicted molar refractivity (Wildman–Crippen MR) is 105 cm³/mol. The van der Waals surface area contributed by atoms with E-state index in [1.807, 2.05) is 42.5 Å². The molecule has 0 aliphatic carbocycles. The van der Waals surface area contributed by atoms with E-state index in [4.69, 9.17) is 16.6 Å². The smallest absolute Gasteiger partial charge is 0.288 e. The molecule has 0 saturated heterocycles. The Morgan fingerprint density at radius 2 is 1.69 bits per heavy atom. The zero-order valence-electron chi connectivity index (χ0n) is 13.6. The molecule has 7 heteroatoms. The summed E-state index contributed by atoms with van der Waals surface area (Å²) >= 11 is 5.91. The van der Waals surface area contributed by atoms with Crippen LogP contribution in [0.2, 0.25) is 0 Å². The SMILES string of the molecule is FC(F)Sc1ccc(NC(=S)N[C@H](c2ccccc2)c2ccco2)cc1. The number of hydrogen-bond acceptors (Lipinski definition) is 3. The highest BCUT2D eigenvalue weighted by molar-refractivity contribution is 7.99. The van der Waals surface area contributed by atoms with Gasteiger partial charge in [-0.25, -0.2) is 0 Å². The van der Waals surface area contributed by atoms with E-state index in [2.05, 4.69) is 10.6 Å². The molecule has 134 valence electrons. The van der Waals surface area contributed by atoms with Crippen molar-refractivity contribution in [3.05, 3.63) is 84.3 Å². The Morgan fingerprint density at radius 1 is 0.962 bits per heavy atom. The predicted octanol–water partition coefficient (Wildman–Crippen LogP) is 5.67. The van der Waals surface area contributed by atoms with Crippen LogP contribution in [0.4, 0.5) is 14.5 Å². The first-order chi connectivity index (χ1) is 12.6. The number of alkyl halides is 2. The summed E-state index contributed by atoms with van der Waals surface area (Å²) in [7, 11) is 0. The molecule has 0 aliphatic rings. The Hall–Kier alpha value is -2.38. The fourth-order valence-electron chi connectivity index (χ4n) is 2.44. The van der Waals surface area contributed by atoms with Crippen molar-refractivity contribution in [1.29, 1.82) is 0 Å². The van der Waals surface area contributed by atoms with Gasteiger partial charge in [0.2, 0.25) is 0 Å². The van der Waals surface area contributed by atoms with E-state index in [1.54, 1.807) is 30.5 Å². The van der Waals surface area contributed by atoms with Gasteiger partial charge in [0.1, 0.15) is 11.8 Å². The fourth-order valence-corrected chi connectivity index (χ4v) is 3.17. The van der Waals surface area contributed by atoms with E-state index in [9.17, 15) is 8.78 Å². The van der Waals surface area contributed by atoms with Gasteiger partial charge < -0.3 is 15.1 Å². The van der Waals surface area contributed by atoms with Crippen molar-refractivity contribution in [2.45, 2.75) is 16.7 Å². The maximum atomic E-state index is 12.4. The number of halogens is 2. The minimum absolute atomic E-state index is 0.236. The summed E-state index contributed by atoms with van der Waals surface area (Å²) in [5.41, 5.74) is 1.72. The second-order valence-corrected chi connectivity index (χ2v) is 6.83. The van der Waals surface area contributed by atoms with Gasteiger partial charge in [-0.05, 0) is 54.2 Å². The van der Waals surface area contributed by atoms with Gasteiger partial charge >= 0.3 is 0 Å². The van der Waals surface area contributed by atoms with Crippen LogP contribution < -0.4 is 10.6 Å². The van der Waals surface area contributed by atoms with Gasteiger partial charge in [0.05, 0.1) is 6.26 Å². The first kappa shape index (κ1) is 18.4. The van der Waals surface area contributed by atoms with Gasteiger partial charge in [0.25, 0.3) is 5.76 Å². The highest BCUT2D eigenvalue weighted by Gasteiger charge is 2.17. The second kappa shape index (κ2) is 8.82. The number of furan rings is 1. The van der Waals surface area contributed by atoms with Gasteiger partial charge in [-0.2, -0.15) is 8.78 Å². The van der Waals surface area contributed by atoms with Crippen molar-refractivity contribution < 1.29 is 13.2 Å². The molecule has 0 fully saturated rings. The number of nitrogens with one attached hydrogen (secondary N) is 2. The van der Waals surface area contributed by atoms with Crippen molar-refractivity contribution in [3.63, 3.8) is 0 Å². The summed E-state index contributed by atoms with van der Waals surface area (Å²) in [4.78, 5) is 0.502. The zero-order chi connectivity index (χ0) is 18.4. The lowest BCUT2D eigenvalue weighted by atomic mass is 10.1. The molecule has 0 amide bonds. The molecule has 0 radical (unpaired) electrons. The number of anilines is 1. The lowest BCUT2D eigenvalue weighted by Gasteiger charge is -2.19. The molecule has 3 aromatic rings. The quantitative estimate of drug-likeness (QED) is 0.419. The second-order valence-electron chi connectivity index (χ2n) is 5.36. The third-order valence-corrected chi connectivity index (χ3v) is 4.52. The van der Waals surface area contributed by atoms with Crippen molar-refractivity contribution >= 4 is 34.8 Å². The molecular formula is C19H16F2N2OS2. The van der Waals surface area contributed by atoms with Gasteiger partial charge in [0.15, 0.2) is 5.11 Å². The molecule has 0 spiro atoms. The standard InChI is InChI=1S/C19H16F2N2OS2/c20-18(21)26-15-10-8-14(9-11-15)22-19(25)23-17(16-7-4-12-24-16)13-5-2-1-3-6-13/h1-12,17-18H,(H2,22,23,25)/t17-/m1/s1. The normalized spacial score (nSPS) is 12.0. The van der Waals surface area contributed by atoms with Gasteiger partial charge in [-0.1, -0.05) is 42.1 Å². The van der Waals surface area contributed by atoms with Crippen LogP contribution in [0.3, 0.4) is 0 Å². The largest absolute Gasteiger partial charge is 0.467 e. The highest BCUT2D eigenvalue weighted by Crippen LogP contribution is 2.26. The molecule has 0 saturated carbocycles. The molecular weight excluding hydrogens is 374 g/mol. The monoisotopic (exact) mass is 390 g/mol. The summed E-state index contributed by atoms with van der Waals surface area (Å²) in [5.74, 6) is -1.69. The maximum Gasteiger partial charge on any atom is 0.288 e. The molecule has 2 aromatic carbocycles. The van der Waals surface area contributed by atoms with Gasteiger partial charge in [-0.3, -0.25) is 0 Å². The first-order valence-electron chi connectivity index (χ1n) is 7.82. The summed E-state index contributed by atoms with van der Waals surface area (Å²) in [6.07, 6.45) is 1.61. The van der Waals surface area contributed by atoms with E-state index < -0.39 is 5.76 Å². The van der Waals surface area contributed by atoms with Crippen molar-refractivity contribution in [1.82, 2.24) is 5.32 Å². The lowest BCUT2D eigenvalue weighted by Crippen LogP contribution is -2.32. The number of hydrogen-bond donors (Lipinski definition) is 2. The number of thioether (sulfide) groups is 1. The number of benzene rings is 2. The third-order valence-electron chi connectivity index (χ3n) is 3.57. The van der Waals surface area contributed by atoms with E-state index in [1.165, 1.54) is 0 Å². The topological polar surface area (TPSA) is 37.2 Å². The van der Waals surface area contributed by atoms with E-state index >= 15 is 0 Å². The van der Waals surface area contributed by atoms with Crippen LogP contribution in [0.15, 0.2) is 82.3 Å². The molecule has 2 N–H and O–H groups in total. The zero-order valence-corrected chi connectivity index (χ0v) is 15.2. The van der Waals surface area contributed by atoms with Gasteiger partial charge in [-0.15, -0.1) is 0 Å². The maximum absolute atomic E-state index is 12.4. The first-order valence-corrected chi connectivity index (χ1v) is 9.11. The molecule has 26 heavy (non-hydrogen) atoms. The average Bonchev–Trinajstić information content (AvgIpc) is 3.16. The molecule has 0 aliphatic heterocycles. The molecule has 3 rings (SSSR count). The van der Waals surface area contributed by atoms with Crippen molar-refractivity contribution in [2.24, 2.45) is 0 Å². The Kier molecular flexibility index (Phi) is 6.25.